The summed E-state index contributed by atoms with van der Waals surface area (Å²) < 4.78 is 6.70. The summed E-state index contributed by atoms with van der Waals surface area (Å²) in [5.74, 6) is 0.407. The number of rotatable bonds is 6. The normalized spacial score (nSPS) is 11.3. The molecule has 9 heteroatoms. The van der Waals surface area contributed by atoms with E-state index in [0.29, 0.717) is 45.2 Å². The molecule has 0 spiro atoms. The summed E-state index contributed by atoms with van der Waals surface area (Å²) >= 11 is 0. The van der Waals surface area contributed by atoms with Crippen LogP contribution in [0.4, 0.5) is 11.4 Å². The Kier molecular flexibility index (Phi) is 9.19. The average molecular weight is 904 g/mol. The fraction of sp³-hybridized carbons (Fsp3) is 0. The molecular formula is C62H33N9. The minimum atomic E-state index is 0.281. The van der Waals surface area contributed by atoms with Gasteiger partial charge in [0.25, 0.3) is 0 Å². The molecule has 0 radical (unpaired) electrons. The first-order valence-corrected chi connectivity index (χ1v) is 22.9. The third kappa shape index (κ3) is 6.37. The van der Waals surface area contributed by atoms with Gasteiger partial charge in [-0.2, -0.15) is 10.5 Å². The summed E-state index contributed by atoms with van der Waals surface area (Å²) in [5.41, 5.74) is 13.2. The van der Waals surface area contributed by atoms with Crippen LogP contribution in [0.5, 0.6) is 0 Å². The van der Waals surface area contributed by atoms with Crippen molar-refractivity contribution in [3.05, 3.63) is 234 Å². The van der Waals surface area contributed by atoms with Crippen molar-refractivity contribution < 1.29 is 0 Å². The Hall–Kier alpha value is -10.6. The van der Waals surface area contributed by atoms with Crippen molar-refractivity contribution in [2.24, 2.45) is 0 Å². The number of nitriles is 2. The van der Waals surface area contributed by atoms with E-state index in [1.54, 1.807) is 48.5 Å². The molecule has 9 nitrogen and oxygen atoms in total. The summed E-state index contributed by atoms with van der Waals surface area (Å²) in [7, 11) is 0. The molecule has 0 amide bonds. The Morgan fingerprint density at radius 1 is 0.366 bits per heavy atom. The lowest BCUT2D eigenvalue weighted by atomic mass is 10.0. The van der Waals surface area contributed by atoms with E-state index in [1.807, 2.05) is 18.2 Å². The highest BCUT2D eigenvalue weighted by Gasteiger charge is 2.23. The predicted molar refractivity (Wildman–Crippen MR) is 283 cm³/mol. The molecule has 0 atom stereocenters. The maximum absolute atomic E-state index is 9.52. The second-order valence-corrected chi connectivity index (χ2v) is 17.4. The molecule has 4 aromatic heterocycles. The van der Waals surface area contributed by atoms with E-state index >= 15 is 0 Å². The number of para-hydroxylation sites is 4. The summed E-state index contributed by atoms with van der Waals surface area (Å²) in [5, 5.41) is 25.6. The van der Waals surface area contributed by atoms with E-state index in [9.17, 15) is 10.5 Å². The lowest BCUT2D eigenvalue weighted by molar-refractivity contribution is 1.16. The molecule has 0 N–H and O–H groups in total. The number of aromatic nitrogens is 5. The average Bonchev–Trinajstić information content (AvgIpc) is 4.07. The smallest absolute Gasteiger partial charge is 0.200 e. The lowest BCUT2D eigenvalue weighted by Crippen LogP contribution is -1.99. The van der Waals surface area contributed by atoms with Crippen molar-refractivity contribution in [2.45, 2.75) is 0 Å². The second kappa shape index (κ2) is 16.0. The van der Waals surface area contributed by atoms with Crippen molar-refractivity contribution in [2.75, 3.05) is 0 Å². The Morgan fingerprint density at radius 3 is 1.15 bits per heavy atom. The SMILES string of the molecule is [C-]#[N+]c1cc(-c2cc(-c3ccc(C#N)cc3)nc(-c3ccc(C#N)cc3)n2)cc([N+]#[C-])c1-n1c2ccc(-n3c4ccccc4c4ccccc43)cc2c2cc(-n3c4ccccc4c4ccccc43)ccc21. The van der Waals surface area contributed by atoms with Gasteiger partial charge in [0.1, 0.15) is 0 Å². The number of fused-ring (bicyclic) bond motifs is 9. The molecule has 4 heterocycles. The van der Waals surface area contributed by atoms with Crippen LogP contribution in [0.15, 0.2) is 200 Å². The van der Waals surface area contributed by atoms with Gasteiger partial charge in [-0.3, -0.25) is 0 Å². The fourth-order valence-corrected chi connectivity index (χ4v) is 10.4. The van der Waals surface area contributed by atoms with Crippen LogP contribution in [0.1, 0.15) is 11.1 Å². The Bertz CT molecular complexity index is 4170. The molecule has 0 unspecified atom stereocenters. The van der Waals surface area contributed by atoms with Gasteiger partial charge >= 0.3 is 0 Å². The maximum Gasteiger partial charge on any atom is 0.200 e. The van der Waals surface area contributed by atoms with E-state index in [2.05, 4.69) is 169 Å². The van der Waals surface area contributed by atoms with Gasteiger partial charge in [-0.1, -0.05) is 84.9 Å². The first kappa shape index (κ1) is 40.7. The van der Waals surface area contributed by atoms with E-state index in [1.165, 1.54) is 21.5 Å². The van der Waals surface area contributed by atoms with Gasteiger partial charge in [-0.25, -0.2) is 19.7 Å². The largest absolute Gasteiger partial charge is 0.329 e. The fourth-order valence-electron chi connectivity index (χ4n) is 10.4. The Labute approximate surface area is 406 Å². The molecule has 0 aliphatic heterocycles. The zero-order valence-corrected chi connectivity index (χ0v) is 37.6. The molecule has 0 saturated heterocycles. The van der Waals surface area contributed by atoms with Crippen LogP contribution >= 0.6 is 0 Å². The van der Waals surface area contributed by atoms with Crippen LogP contribution in [-0.4, -0.2) is 23.7 Å². The monoisotopic (exact) mass is 903 g/mol. The Morgan fingerprint density at radius 2 is 0.746 bits per heavy atom. The summed E-state index contributed by atoms with van der Waals surface area (Å²) in [4.78, 5) is 18.3. The predicted octanol–water partition coefficient (Wildman–Crippen LogP) is 15.6. The zero-order chi connectivity index (χ0) is 47.7. The molecule has 0 aliphatic rings. The minimum Gasteiger partial charge on any atom is -0.329 e. The Balaban J connectivity index is 1.06. The molecular weight excluding hydrogens is 871 g/mol. The van der Waals surface area contributed by atoms with Crippen LogP contribution in [0.25, 0.3) is 126 Å². The zero-order valence-electron chi connectivity index (χ0n) is 37.6. The first-order chi connectivity index (χ1) is 35.0. The van der Waals surface area contributed by atoms with Gasteiger partial charge in [-0.05, 0) is 121 Å². The quantitative estimate of drug-likeness (QED) is 0.155. The van der Waals surface area contributed by atoms with E-state index < -0.39 is 0 Å². The molecule has 0 fully saturated rings. The topological polar surface area (TPSA) is 96.9 Å². The van der Waals surface area contributed by atoms with Crippen molar-refractivity contribution in [1.29, 1.82) is 10.5 Å². The molecule has 0 aliphatic carbocycles. The summed E-state index contributed by atoms with van der Waals surface area (Å²) in [6.07, 6.45) is 0. The summed E-state index contributed by atoms with van der Waals surface area (Å²) in [6, 6.07) is 70.9. The summed E-state index contributed by atoms with van der Waals surface area (Å²) in [6.45, 7) is 17.5. The number of hydrogen-bond acceptors (Lipinski definition) is 4. The van der Waals surface area contributed by atoms with Crippen LogP contribution in [0.3, 0.4) is 0 Å². The second-order valence-electron chi connectivity index (χ2n) is 17.4. The van der Waals surface area contributed by atoms with E-state index in [4.69, 9.17) is 23.1 Å². The molecule has 326 valence electrons. The van der Waals surface area contributed by atoms with Crippen LogP contribution in [0.2, 0.25) is 0 Å². The minimum absolute atomic E-state index is 0.281. The molecule has 0 saturated carbocycles. The van der Waals surface area contributed by atoms with E-state index in [0.717, 1.165) is 60.8 Å². The number of benzene rings is 9. The van der Waals surface area contributed by atoms with Gasteiger partial charge in [0.05, 0.1) is 86.6 Å². The van der Waals surface area contributed by atoms with Gasteiger partial charge in [-0.15, -0.1) is 0 Å². The highest BCUT2D eigenvalue weighted by Crippen LogP contribution is 2.45. The van der Waals surface area contributed by atoms with Gasteiger partial charge in [0.15, 0.2) is 5.82 Å². The van der Waals surface area contributed by atoms with E-state index in [-0.39, 0.29) is 11.4 Å². The maximum atomic E-state index is 9.52. The third-order valence-electron chi connectivity index (χ3n) is 13.5. The van der Waals surface area contributed by atoms with Crippen molar-refractivity contribution in [3.8, 4) is 63.1 Å². The molecule has 9 aromatic carbocycles. The molecule has 0 bridgehead atoms. The van der Waals surface area contributed by atoms with Gasteiger partial charge in [0, 0.05) is 54.8 Å². The van der Waals surface area contributed by atoms with Crippen LogP contribution in [0, 0.1) is 35.8 Å². The molecule has 13 aromatic rings. The molecule has 71 heavy (non-hydrogen) atoms. The van der Waals surface area contributed by atoms with Crippen molar-refractivity contribution in [1.82, 2.24) is 23.7 Å². The standard InChI is InChI=1S/C62H33N9/c1-65-53-31-42(52-35-51(40-23-19-38(36-63)20-24-40)67-62(68-52)41-25-21-39(37-64)22-26-41)32-54(66-2)61(53)71-59-29-27-43(69-55-15-7-3-11-45(55)46-12-4-8-16-56(46)69)33-49(59)50-34-44(28-30-60(50)71)70-57-17-9-5-13-47(57)48-14-6-10-18-58(48)70/h3-35H. The van der Waals surface area contributed by atoms with Crippen molar-refractivity contribution in [3.63, 3.8) is 0 Å². The highest BCUT2D eigenvalue weighted by molar-refractivity contribution is 6.14. The lowest BCUT2D eigenvalue weighted by Gasteiger charge is -2.16. The van der Waals surface area contributed by atoms with Gasteiger partial charge < -0.3 is 13.7 Å². The van der Waals surface area contributed by atoms with Crippen LogP contribution in [-0.2, 0) is 0 Å². The van der Waals surface area contributed by atoms with Gasteiger partial charge in [0.2, 0.25) is 11.4 Å². The van der Waals surface area contributed by atoms with Crippen molar-refractivity contribution >= 4 is 76.8 Å². The highest BCUT2D eigenvalue weighted by atomic mass is 15.0. The van der Waals surface area contributed by atoms with Crippen LogP contribution < -0.4 is 0 Å². The first-order valence-electron chi connectivity index (χ1n) is 22.9. The number of nitrogens with zero attached hydrogens (tertiary/aromatic N) is 9. The molecule has 13 rings (SSSR count). The third-order valence-corrected chi connectivity index (χ3v) is 13.5. The number of hydrogen-bond donors (Lipinski definition) is 0.